The van der Waals surface area contributed by atoms with Gasteiger partial charge in [-0.25, -0.2) is 0 Å². The molecule has 2 heterocycles. The number of rotatable bonds is 2. The second-order valence-electron chi connectivity index (χ2n) is 5.42. The third-order valence-electron chi connectivity index (χ3n) is 4.37. The molecule has 3 aliphatic rings. The average Bonchev–Trinajstić information content (AvgIpc) is 2.55. The smallest absolute Gasteiger partial charge is 0.0971 e. The zero-order valence-corrected chi connectivity index (χ0v) is 9.65. The third-order valence-corrected chi connectivity index (χ3v) is 4.37. The first-order chi connectivity index (χ1) is 7.82. The van der Waals surface area contributed by atoms with Crippen molar-refractivity contribution in [3.8, 4) is 6.07 Å². The quantitative estimate of drug-likeness (QED) is 0.719. The highest BCUT2D eigenvalue weighted by atomic mass is 16.6. The lowest BCUT2D eigenvalue weighted by Crippen LogP contribution is -2.48. The molecule has 1 unspecified atom stereocenters. The molecule has 2 aliphatic heterocycles. The summed E-state index contributed by atoms with van der Waals surface area (Å²) < 4.78 is 12.3. The molecule has 0 aromatic carbocycles. The molecule has 0 aromatic rings. The van der Waals surface area contributed by atoms with Gasteiger partial charge in [0.05, 0.1) is 30.0 Å². The van der Waals surface area contributed by atoms with E-state index in [2.05, 4.69) is 6.07 Å². The maximum Gasteiger partial charge on any atom is 0.0971 e. The molecular weight excluding hydrogens is 202 g/mol. The van der Waals surface area contributed by atoms with Crippen LogP contribution >= 0.6 is 0 Å². The first-order valence-electron chi connectivity index (χ1n) is 6.53. The van der Waals surface area contributed by atoms with E-state index >= 15 is 0 Å². The maximum absolute atomic E-state index is 8.63. The molecule has 2 bridgehead atoms. The summed E-state index contributed by atoms with van der Waals surface area (Å²) in [5.41, 5.74) is 0.0291. The molecule has 4 atom stereocenters. The molecule has 3 fully saturated rings. The zero-order valence-electron chi connectivity index (χ0n) is 9.65. The Morgan fingerprint density at radius 1 is 1.31 bits per heavy atom. The van der Waals surface area contributed by atoms with Gasteiger partial charge in [0.15, 0.2) is 0 Å². The largest absolute Gasteiger partial charge is 0.372 e. The molecule has 3 heteroatoms. The molecule has 3 nitrogen and oxygen atoms in total. The molecule has 0 N–H and O–H groups in total. The molecule has 1 aliphatic carbocycles. The lowest BCUT2D eigenvalue weighted by atomic mass is 9.78. The fourth-order valence-corrected chi connectivity index (χ4v) is 3.65. The van der Waals surface area contributed by atoms with Crippen LogP contribution in [0.2, 0.25) is 0 Å². The van der Waals surface area contributed by atoms with Crippen LogP contribution in [0.4, 0.5) is 0 Å². The molecule has 3 rings (SSSR count). The first kappa shape index (κ1) is 10.6. The van der Waals surface area contributed by atoms with Crippen molar-refractivity contribution in [3.05, 3.63) is 0 Å². The van der Waals surface area contributed by atoms with Crippen LogP contribution in [0.15, 0.2) is 0 Å². The predicted octanol–water partition coefficient (Wildman–Crippen LogP) is 2.55. The van der Waals surface area contributed by atoms with Crippen molar-refractivity contribution in [3.63, 3.8) is 0 Å². The van der Waals surface area contributed by atoms with E-state index in [1.54, 1.807) is 0 Å². The Hall–Kier alpha value is -0.590. The second kappa shape index (κ2) is 4.01. The summed E-state index contributed by atoms with van der Waals surface area (Å²) in [5, 5.41) is 8.63. The van der Waals surface area contributed by atoms with Crippen LogP contribution in [0.25, 0.3) is 0 Å². The molecular formula is C13H19NO2. The van der Waals surface area contributed by atoms with Crippen LogP contribution < -0.4 is 0 Å². The Morgan fingerprint density at radius 2 is 2.25 bits per heavy atom. The van der Waals surface area contributed by atoms with Crippen LogP contribution in [0, 0.1) is 11.3 Å². The number of hydrogen-bond donors (Lipinski definition) is 0. The van der Waals surface area contributed by atoms with E-state index in [9.17, 15) is 0 Å². The highest BCUT2D eigenvalue weighted by Crippen LogP contribution is 2.49. The topological polar surface area (TPSA) is 42.2 Å². The van der Waals surface area contributed by atoms with Crippen LogP contribution in [0.3, 0.4) is 0 Å². The molecule has 1 saturated carbocycles. The van der Waals surface area contributed by atoms with E-state index in [1.165, 1.54) is 12.8 Å². The number of fused-ring (bicyclic) bond motifs is 1. The summed E-state index contributed by atoms with van der Waals surface area (Å²) in [7, 11) is 0. The fourth-order valence-electron chi connectivity index (χ4n) is 3.65. The van der Waals surface area contributed by atoms with Gasteiger partial charge in [-0.15, -0.1) is 0 Å². The summed E-state index contributed by atoms with van der Waals surface area (Å²) in [6, 6.07) is 2.22. The van der Waals surface area contributed by atoms with Crippen LogP contribution in [-0.2, 0) is 9.47 Å². The van der Waals surface area contributed by atoms with Crippen LogP contribution in [0.5, 0.6) is 0 Å². The van der Waals surface area contributed by atoms with Gasteiger partial charge in [0.25, 0.3) is 0 Å². The van der Waals surface area contributed by atoms with Crippen molar-refractivity contribution in [1.29, 1.82) is 5.26 Å². The Bertz CT molecular complexity index is 312. The second-order valence-corrected chi connectivity index (χ2v) is 5.42. The molecule has 2 saturated heterocycles. The average molecular weight is 221 g/mol. The minimum Gasteiger partial charge on any atom is -0.372 e. The Morgan fingerprint density at radius 3 is 3.12 bits per heavy atom. The van der Waals surface area contributed by atoms with Gasteiger partial charge in [-0.2, -0.15) is 5.26 Å². The Labute approximate surface area is 96.7 Å². The summed E-state index contributed by atoms with van der Waals surface area (Å²) >= 11 is 0. The van der Waals surface area contributed by atoms with Crippen molar-refractivity contribution in [2.45, 2.75) is 75.3 Å². The monoisotopic (exact) mass is 221 g/mol. The summed E-state index contributed by atoms with van der Waals surface area (Å²) in [6.07, 6.45) is 9.54. The lowest BCUT2D eigenvalue weighted by molar-refractivity contribution is -0.166. The molecule has 1 spiro atoms. The Balaban J connectivity index is 1.69. The minimum absolute atomic E-state index is 0.0291. The zero-order chi connectivity index (χ0) is 11.0. The standard InChI is InChI=1S/C13H19NO2/c14-8-2-4-10-5-6-12-13(16-10)7-1-3-11(9-13)15-12/h10-12H,1-7,9H2/t10-,11-,12?,13-/m0/s1. The van der Waals surface area contributed by atoms with Crippen molar-refractivity contribution < 1.29 is 9.47 Å². The van der Waals surface area contributed by atoms with Gasteiger partial charge in [0.2, 0.25) is 0 Å². The van der Waals surface area contributed by atoms with Gasteiger partial charge in [0, 0.05) is 12.8 Å². The van der Waals surface area contributed by atoms with Gasteiger partial charge >= 0.3 is 0 Å². The van der Waals surface area contributed by atoms with Gasteiger partial charge in [-0.05, 0) is 38.5 Å². The SMILES string of the molecule is N#CCC[C@H]1CCC2O[C@H]3CCC[C@@]2(C3)O1. The number of ether oxygens (including phenoxy) is 2. The van der Waals surface area contributed by atoms with Crippen LogP contribution in [-0.4, -0.2) is 23.9 Å². The van der Waals surface area contributed by atoms with Crippen molar-refractivity contribution >= 4 is 0 Å². The van der Waals surface area contributed by atoms with Gasteiger partial charge in [0.1, 0.15) is 0 Å². The summed E-state index contributed by atoms with van der Waals surface area (Å²) in [5.74, 6) is 0. The maximum atomic E-state index is 8.63. The van der Waals surface area contributed by atoms with Gasteiger partial charge < -0.3 is 9.47 Å². The fraction of sp³-hybridized carbons (Fsp3) is 0.923. The number of nitrogens with zero attached hydrogens (tertiary/aromatic N) is 1. The minimum atomic E-state index is 0.0291. The van der Waals surface area contributed by atoms with E-state index in [4.69, 9.17) is 14.7 Å². The normalized spacial score (nSPS) is 46.1. The highest BCUT2D eigenvalue weighted by Gasteiger charge is 2.54. The van der Waals surface area contributed by atoms with Crippen molar-refractivity contribution in [1.82, 2.24) is 0 Å². The van der Waals surface area contributed by atoms with E-state index < -0.39 is 0 Å². The summed E-state index contributed by atoms with van der Waals surface area (Å²) in [4.78, 5) is 0. The molecule has 88 valence electrons. The first-order valence-corrected chi connectivity index (χ1v) is 6.53. The number of nitriles is 1. The van der Waals surface area contributed by atoms with Crippen molar-refractivity contribution in [2.75, 3.05) is 0 Å². The summed E-state index contributed by atoms with van der Waals surface area (Å²) in [6.45, 7) is 0. The molecule has 16 heavy (non-hydrogen) atoms. The highest BCUT2D eigenvalue weighted by molar-refractivity contribution is 5.04. The Kier molecular flexibility index (Phi) is 2.65. The van der Waals surface area contributed by atoms with E-state index in [1.807, 2.05) is 0 Å². The predicted molar refractivity (Wildman–Crippen MR) is 58.8 cm³/mol. The van der Waals surface area contributed by atoms with E-state index in [-0.39, 0.29) is 5.60 Å². The number of hydrogen-bond acceptors (Lipinski definition) is 3. The van der Waals surface area contributed by atoms with Crippen LogP contribution in [0.1, 0.15) is 51.4 Å². The molecule has 0 amide bonds. The van der Waals surface area contributed by atoms with Gasteiger partial charge in [-0.1, -0.05) is 0 Å². The molecule has 0 radical (unpaired) electrons. The van der Waals surface area contributed by atoms with E-state index in [0.29, 0.717) is 24.7 Å². The van der Waals surface area contributed by atoms with E-state index in [0.717, 1.165) is 32.1 Å². The molecule has 0 aromatic heterocycles. The van der Waals surface area contributed by atoms with Gasteiger partial charge in [-0.3, -0.25) is 0 Å². The van der Waals surface area contributed by atoms with Crippen molar-refractivity contribution in [2.24, 2.45) is 0 Å². The lowest BCUT2D eigenvalue weighted by Gasteiger charge is -2.42. The third kappa shape index (κ3) is 1.65.